The number of piperidine rings is 1. The zero-order chi connectivity index (χ0) is 27.1. The van der Waals surface area contributed by atoms with Crippen molar-refractivity contribution in [2.75, 3.05) is 19.6 Å². The number of esters is 3. The third-order valence-corrected chi connectivity index (χ3v) is 9.81. The molecular weight excluding hydrogens is 492 g/mol. The van der Waals surface area contributed by atoms with E-state index >= 15 is 0 Å². The van der Waals surface area contributed by atoms with E-state index in [1.54, 1.807) is 30.3 Å². The van der Waals surface area contributed by atoms with Crippen molar-refractivity contribution >= 4 is 23.8 Å². The molecule has 5 fully saturated rings. The summed E-state index contributed by atoms with van der Waals surface area (Å²) < 4.78 is 17.7. The molecule has 1 aliphatic carbocycles. The Labute approximate surface area is 221 Å². The van der Waals surface area contributed by atoms with Gasteiger partial charge in [-0.2, -0.15) is 0 Å². The number of rotatable bonds is 4. The van der Waals surface area contributed by atoms with Crippen LogP contribution in [0.4, 0.5) is 0 Å². The lowest BCUT2D eigenvalue weighted by atomic mass is 9.52. The summed E-state index contributed by atoms with van der Waals surface area (Å²) in [7, 11) is 0. The number of aliphatic hydroxyl groups is 1. The number of amides is 1. The molecule has 0 radical (unpaired) electrons. The molecule has 6 rings (SSSR count). The van der Waals surface area contributed by atoms with Crippen LogP contribution in [0.1, 0.15) is 56.8 Å². The van der Waals surface area contributed by atoms with Gasteiger partial charge in [-0.25, -0.2) is 4.79 Å². The van der Waals surface area contributed by atoms with Gasteiger partial charge in [-0.1, -0.05) is 39.0 Å². The van der Waals surface area contributed by atoms with Gasteiger partial charge in [-0.05, 0) is 23.5 Å². The van der Waals surface area contributed by atoms with Crippen molar-refractivity contribution in [3.05, 3.63) is 35.9 Å². The highest BCUT2D eigenvalue weighted by Crippen LogP contribution is 2.76. The van der Waals surface area contributed by atoms with Crippen molar-refractivity contribution in [1.82, 2.24) is 4.90 Å². The summed E-state index contributed by atoms with van der Waals surface area (Å²) in [5.41, 5.74) is -5.77. The van der Waals surface area contributed by atoms with Crippen LogP contribution in [0.5, 0.6) is 0 Å². The summed E-state index contributed by atoms with van der Waals surface area (Å²) in [5, 5.41) is 14.9. The van der Waals surface area contributed by atoms with Crippen LogP contribution in [0.15, 0.2) is 30.3 Å². The van der Waals surface area contributed by atoms with Crippen molar-refractivity contribution < 1.29 is 43.8 Å². The summed E-state index contributed by atoms with van der Waals surface area (Å²) >= 11 is 0. The molecule has 10 nitrogen and oxygen atoms in total. The molecule has 0 aromatic heterocycles. The maximum Gasteiger partial charge on any atom is 0.338 e. The van der Waals surface area contributed by atoms with Crippen molar-refractivity contribution in [2.24, 2.45) is 22.2 Å². The van der Waals surface area contributed by atoms with E-state index in [-0.39, 0.29) is 24.3 Å². The smallest absolute Gasteiger partial charge is 0.338 e. The van der Waals surface area contributed by atoms with Crippen LogP contribution in [0.2, 0.25) is 0 Å². The zero-order valence-electron chi connectivity index (χ0n) is 22.0. The molecule has 6 atom stereocenters. The Kier molecular flexibility index (Phi) is 5.50. The number of hydrogen-bond acceptors (Lipinski definition) is 8. The molecule has 38 heavy (non-hydrogen) atoms. The maximum absolute atomic E-state index is 14.3. The number of quaternary nitrogens is 1. The fourth-order valence-corrected chi connectivity index (χ4v) is 7.99. The summed E-state index contributed by atoms with van der Waals surface area (Å²) in [5.74, 6) is -2.37. The fraction of sp³-hybridized carbons (Fsp3) is 0.643. The second kappa shape index (κ2) is 8.26. The third-order valence-electron chi connectivity index (χ3n) is 9.81. The van der Waals surface area contributed by atoms with Crippen LogP contribution in [-0.4, -0.2) is 77.5 Å². The number of nitrogens with zero attached hydrogens (tertiary/aromatic N) is 1. The predicted octanol–water partition coefficient (Wildman–Crippen LogP) is 0.380. The fourth-order valence-electron chi connectivity index (χ4n) is 7.99. The molecule has 4 heterocycles. The van der Waals surface area contributed by atoms with E-state index in [9.17, 15) is 24.3 Å². The first-order chi connectivity index (χ1) is 18.0. The lowest BCUT2D eigenvalue weighted by Gasteiger charge is -2.51. The Morgan fingerprint density at radius 1 is 1.13 bits per heavy atom. The quantitative estimate of drug-likeness (QED) is 0.424. The Hall–Kier alpha value is -2.98. The van der Waals surface area contributed by atoms with Gasteiger partial charge in [0.25, 0.3) is 5.91 Å². The average Bonchev–Trinajstić information content (AvgIpc) is 3.49. The highest BCUT2D eigenvalue weighted by Gasteiger charge is 2.93. The van der Waals surface area contributed by atoms with E-state index < -0.39 is 64.1 Å². The number of benzene rings is 1. The van der Waals surface area contributed by atoms with Crippen molar-refractivity contribution in [2.45, 2.75) is 70.5 Å². The van der Waals surface area contributed by atoms with Gasteiger partial charge in [-0.15, -0.1) is 0 Å². The SMILES string of the molecule is CC(C)(C)[C@]1(O)C[C@@H]2OC(=O)C[C@@]23C(=O)O[C@@H]2N(CC4CC[NH2+]CC4)C(=O)[C@@H](OC(=O)c4ccccc4)[C@]213. The maximum atomic E-state index is 14.3. The van der Waals surface area contributed by atoms with Crippen LogP contribution in [-0.2, 0) is 28.6 Å². The monoisotopic (exact) mass is 527 g/mol. The molecule has 3 N–H and O–H groups in total. The van der Waals surface area contributed by atoms with Crippen molar-refractivity contribution in [1.29, 1.82) is 0 Å². The third kappa shape index (κ3) is 3.01. The molecule has 1 aromatic carbocycles. The Bertz CT molecular complexity index is 1190. The number of nitrogens with two attached hydrogens (primary N) is 1. The predicted molar refractivity (Wildman–Crippen MR) is 130 cm³/mol. The summed E-state index contributed by atoms with van der Waals surface area (Å²) in [4.78, 5) is 55.7. The van der Waals surface area contributed by atoms with Gasteiger partial charge >= 0.3 is 17.9 Å². The number of hydrogen-bond donors (Lipinski definition) is 2. The van der Waals surface area contributed by atoms with E-state index in [1.807, 2.05) is 20.8 Å². The summed E-state index contributed by atoms with van der Waals surface area (Å²) in [6, 6.07) is 8.29. The van der Waals surface area contributed by atoms with E-state index in [0.717, 1.165) is 25.9 Å². The summed E-state index contributed by atoms with van der Waals surface area (Å²) in [6.45, 7) is 7.61. The first-order valence-corrected chi connectivity index (χ1v) is 13.5. The number of carbonyl (C=O) groups excluding carboxylic acids is 4. The standard InChI is InChI=1S/C28H34N2O8/c1-25(2,3)27(35)13-18-26(14-19(31)36-18)24(34)38-23-28(26,27)20(37-22(33)17-7-5-4-6-8-17)21(32)30(23)15-16-9-11-29-12-10-16/h4-8,16,18,20,23,29,35H,9-15H2,1-3H3/p+1/t18-,20+,23-,26-,27+,28+/m0/s1. The van der Waals surface area contributed by atoms with E-state index in [1.165, 1.54) is 4.90 Å². The van der Waals surface area contributed by atoms with Gasteiger partial charge in [0.2, 0.25) is 0 Å². The number of likely N-dealkylation sites (tertiary alicyclic amines) is 1. The van der Waals surface area contributed by atoms with Gasteiger partial charge in [0.05, 0.1) is 30.7 Å². The molecule has 204 valence electrons. The van der Waals surface area contributed by atoms with Gasteiger partial charge in [0.1, 0.15) is 16.9 Å². The second-order valence-electron chi connectivity index (χ2n) is 12.5. The molecule has 2 spiro atoms. The van der Waals surface area contributed by atoms with Gasteiger partial charge in [0, 0.05) is 25.8 Å². The molecule has 4 saturated heterocycles. The normalized spacial score (nSPS) is 38.5. The minimum atomic E-state index is -1.74. The zero-order valence-corrected chi connectivity index (χ0v) is 22.0. The van der Waals surface area contributed by atoms with Gasteiger partial charge < -0.3 is 29.5 Å². The number of ether oxygens (including phenoxy) is 3. The molecule has 1 saturated carbocycles. The molecule has 5 aliphatic rings. The van der Waals surface area contributed by atoms with Crippen molar-refractivity contribution in [3.63, 3.8) is 0 Å². The minimum Gasteiger partial charge on any atom is -0.461 e. The van der Waals surface area contributed by atoms with Gasteiger partial charge in [0.15, 0.2) is 12.3 Å². The summed E-state index contributed by atoms with van der Waals surface area (Å²) in [6.07, 6.45) is -2.37. The molecule has 1 aromatic rings. The van der Waals surface area contributed by atoms with Crippen LogP contribution in [0, 0.1) is 22.2 Å². The lowest BCUT2D eigenvalue weighted by molar-refractivity contribution is -0.664. The molecule has 10 heteroatoms. The number of carbonyl (C=O) groups is 4. The van der Waals surface area contributed by atoms with Crippen LogP contribution >= 0.6 is 0 Å². The topological polar surface area (TPSA) is 136 Å². The largest absolute Gasteiger partial charge is 0.461 e. The average molecular weight is 528 g/mol. The van der Waals surface area contributed by atoms with Crippen LogP contribution < -0.4 is 5.32 Å². The highest BCUT2D eigenvalue weighted by atomic mass is 16.6. The van der Waals surface area contributed by atoms with Gasteiger partial charge in [-0.3, -0.25) is 14.4 Å². The van der Waals surface area contributed by atoms with Crippen molar-refractivity contribution in [3.8, 4) is 0 Å². The molecule has 4 aliphatic heterocycles. The molecular formula is C28H35N2O8+. The van der Waals surface area contributed by atoms with E-state index in [4.69, 9.17) is 14.2 Å². The van der Waals surface area contributed by atoms with Crippen LogP contribution in [0.25, 0.3) is 0 Å². The Balaban J connectivity index is 1.53. The molecule has 1 amide bonds. The molecule has 0 unspecified atom stereocenters. The second-order valence-corrected chi connectivity index (χ2v) is 12.5. The lowest BCUT2D eigenvalue weighted by Crippen LogP contribution is -2.86. The first-order valence-electron chi connectivity index (χ1n) is 13.5. The minimum absolute atomic E-state index is 0.0628. The highest BCUT2D eigenvalue weighted by molar-refractivity contribution is 5.99. The Morgan fingerprint density at radius 3 is 2.47 bits per heavy atom. The first kappa shape index (κ1) is 25.3. The van der Waals surface area contributed by atoms with E-state index in [0.29, 0.717) is 6.54 Å². The Morgan fingerprint density at radius 2 is 1.82 bits per heavy atom. The van der Waals surface area contributed by atoms with E-state index in [2.05, 4.69) is 5.32 Å². The molecule has 0 bridgehead atoms. The van der Waals surface area contributed by atoms with Crippen LogP contribution in [0.3, 0.4) is 0 Å².